The number of rotatable bonds is 7. The SMILES string of the molecule is CCCNc1nc(NCC(C)C2CC2)c2cn[nH]c2n1. The average molecular weight is 274 g/mol. The van der Waals surface area contributed by atoms with E-state index < -0.39 is 0 Å². The highest BCUT2D eigenvalue weighted by Gasteiger charge is 2.27. The van der Waals surface area contributed by atoms with E-state index in [9.17, 15) is 0 Å². The van der Waals surface area contributed by atoms with Gasteiger partial charge in [-0.2, -0.15) is 15.1 Å². The summed E-state index contributed by atoms with van der Waals surface area (Å²) in [5.41, 5.74) is 0.778. The molecule has 2 aromatic heterocycles. The van der Waals surface area contributed by atoms with Gasteiger partial charge in [0.2, 0.25) is 5.95 Å². The van der Waals surface area contributed by atoms with Crippen molar-refractivity contribution in [3.63, 3.8) is 0 Å². The van der Waals surface area contributed by atoms with Crippen molar-refractivity contribution in [2.45, 2.75) is 33.1 Å². The third kappa shape index (κ3) is 2.84. The predicted octanol–water partition coefficient (Wildman–Crippen LogP) is 2.63. The molecule has 0 aliphatic heterocycles. The fourth-order valence-electron chi connectivity index (χ4n) is 2.38. The van der Waals surface area contributed by atoms with Crippen LogP contribution in [0.1, 0.15) is 33.1 Å². The smallest absolute Gasteiger partial charge is 0.226 e. The van der Waals surface area contributed by atoms with Crippen LogP contribution in [0.25, 0.3) is 11.0 Å². The normalized spacial score (nSPS) is 16.3. The first-order valence-corrected chi connectivity index (χ1v) is 7.46. The van der Waals surface area contributed by atoms with Crippen molar-refractivity contribution >= 4 is 22.8 Å². The monoisotopic (exact) mass is 274 g/mol. The molecule has 1 atom stereocenters. The van der Waals surface area contributed by atoms with E-state index in [4.69, 9.17) is 0 Å². The van der Waals surface area contributed by atoms with E-state index in [-0.39, 0.29) is 0 Å². The number of nitrogens with zero attached hydrogens (tertiary/aromatic N) is 3. The maximum absolute atomic E-state index is 4.57. The number of aromatic amines is 1. The van der Waals surface area contributed by atoms with Gasteiger partial charge in [0.15, 0.2) is 5.65 Å². The van der Waals surface area contributed by atoms with E-state index in [2.05, 4.69) is 44.6 Å². The second kappa shape index (κ2) is 5.64. The van der Waals surface area contributed by atoms with Gasteiger partial charge >= 0.3 is 0 Å². The maximum Gasteiger partial charge on any atom is 0.226 e. The number of anilines is 2. The lowest BCUT2D eigenvalue weighted by atomic mass is 10.1. The molecule has 0 saturated heterocycles. The first kappa shape index (κ1) is 13.1. The molecule has 20 heavy (non-hydrogen) atoms. The average Bonchev–Trinajstić information content (AvgIpc) is 3.20. The first-order valence-electron chi connectivity index (χ1n) is 7.46. The number of aromatic nitrogens is 4. The van der Waals surface area contributed by atoms with Crippen molar-refractivity contribution in [1.29, 1.82) is 0 Å². The van der Waals surface area contributed by atoms with E-state index in [0.717, 1.165) is 42.3 Å². The summed E-state index contributed by atoms with van der Waals surface area (Å²) in [6.45, 7) is 6.25. The molecule has 1 unspecified atom stereocenters. The Labute approximate surface area is 118 Å². The lowest BCUT2D eigenvalue weighted by Gasteiger charge is -2.13. The van der Waals surface area contributed by atoms with Gasteiger partial charge in [0.25, 0.3) is 0 Å². The molecule has 1 aliphatic rings. The van der Waals surface area contributed by atoms with Crippen molar-refractivity contribution in [3.8, 4) is 0 Å². The summed E-state index contributed by atoms with van der Waals surface area (Å²) < 4.78 is 0. The topological polar surface area (TPSA) is 78.5 Å². The van der Waals surface area contributed by atoms with Crippen molar-refractivity contribution < 1.29 is 0 Å². The van der Waals surface area contributed by atoms with E-state index in [1.165, 1.54) is 12.8 Å². The minimum absolute atomic E-state index is 0.658. The second-order valence-electron chi connectivity index (χ2n) is 5.65. The van der Waals surface area contributed by atoms with Gasteiger partial charge in [0, 0.05) is 13.1 Å². The Morgan fingerprint density at radius 1 is 1.35 bits per heavy atom. The number of hydrogen-bond acceptors (Lipinski definition) is 5. The van der Waals surface area contributed by atoms with E-state index in [0.29, 0.717) is 11.9 Å². The Bertz CT molecular complexity index is 574. The van der Waals surface area contributed by atoms with Crippen LogP contribution in [0, 0.1) is 11.8 Å². The fourth-order valence-corrected chi connectivity index (χ4v) is 2.38. The summed E-state index contributed by atoms with van der Waals surface area (Å²) in [6.07, 6.45) is 5.57. The molecule has 2 heterocycles. The number of H-pyrrole nitrogens is 1. The third-order valence-electron chi connectivity index (χ3n) is 3.86. The molecule has 0 radical (unpaired) electrons. The highest BCUT2D eigenvalue weighted by atomic mass is 15.2. The van der Waals surface area contributed by atoms with Gasteiger partial charge in [-0.25, -0.2) is 0 Å². The van der Waals surface area contributed by atoms with Crippen LogP contribution in [0.2, 0.25) is 0 Å². The fraction of sp³-hybridized carbons (Fsp3) is 0.643. The van der Waals surface area contributed by atoms with Gasteiger partial charge in [-0.1, -0.05) is 13.8 Å². The molecule has 1 aliphatic carbocycles. The summed E-state index contributed by atoms with van der Waals surface area (Å²) >= 11 is 0. The van der Waals surface area contributed by atoms with Gasteiger partial charge < -0.3 is 10.6 Å². The Morgan fingerprint density at radius 3 is 2.95 bits per heavy atom. The first-order chi connectivity index (χ1) is 9.78. The molecule has 0 amide bonds. The molecule has 0 aromatic carbocycles. The van der Waals surface area contributed by atoms with Crippen LogP contribution in [-0.4, -0.2) is 33.3 Å². The zero-order valence-corrected chi connectivity index (χ0v) is 12.1. The van der Waals surface area contributed by atoms with Crippen LogP contribution in [0.15, 0.2) is 6.20 Å². The number of nitrogens with one attached hydrogen (secondary N) is 3. The minimum Gasteiger partial charge on any atom is -0.369 e. The second-order valence-corrected chi connectivity index (χ2v) is 5.65. The number of fused-ring (bicyclic) bond motifs is 1. The van der Waals surface area contributed by atoms with Gasteiger partial charge in [-0.15, -0.1) is 0 Å². The number of hydrogen-bond donors (Lipinski definition) is 3. The van der Waals surface area contributed by atoms with E-state index >= 15 is 0 Å². The molecular formula is C14H22N6. The standard InChI is InChI=1S/C14H22N6/c1-3-6-15-14-18-12(11-8-17-20-13(11)19-14)16-7-9(2)10-4-5-10/h8-10H,3-7H2,1-2H3,(H3,15,16,17,18,19,20). The van der Waals surface area contributed by atoms with Crippen LogP contribution >= 0.6 is 0 Å². The van der Waals surface area contributed by atoms with Gasteiger partial charge in [-0.3, -0.25) is 5.10 Å². The summed E-state index contributed by atoms with van der Waals surface area (Å²) in [6, 6.07) is 0. The molecule has 1 fully saturated rings. The molecule has 3 rings (SSSR count). The minimum atomic E-state index is 0.658. The molecule has 0 bridgehead atoms. The molecule has 6 nitrogen and oxygen atoms in total. The lowest BCUT2D eigenvalue weighted by Crippen LogP contribution is -2.15. The molecule has 2 aromatic rings. The third-order valence-corrected chi connectivity index (χ3v) is 3.86. The molecule has 6 heteroatoms. The van der Waals surface area contributed by atoms with Crippen LogP contribution in [-0.2, 0) is 0 Å². The Morgan fingerprint density at radius 2 is 2.20 bits per heavy atom. The maximum atomic E-state index is 4.57. The van der Waals surface area contributed by atoms with Crippen LogP contribution in [0.5, 0.6) is 0 Å². The highest BCUT2D eigenvalue weighted by Crippen LogP contribution is 2.36. The lowest BCUT2D eigenvalue weighted by molar-refractivity contribution is 0.536. The van der Waals surface area contributed by atoms with Gasteiger partial charge in [0.05, 0.1) is 11.6 Å². The van der Waals surface area contributed by atoms with E-state index in [1.807, 2.05) is 0 Å². The van der Waals surface area contributed by atoms with Crippen molar-refractivity contribution in [3.05, 3.63) is 6.20 Å². The van der Waals surface area contributed by atoms with Crippen LogP contribution in [0.4, 0.5) is 11.8 Å². The molecule has 1 saturated carbocycles. The molecular weight excluding hydrogens is 252 g/mol. The quantitative estimate of drug-likeness (QED) is 0.723. The van der Waals surface area contributed by atoms with Gasteiger partial charge in [-0.05, 0) is 31.1 Å². The van der Waals surface area contributed by atoms with Crippen molar-refractivity contribution in [2.75, 3.05) is 23.7 Å². The Kier molecular flexibility index (Phi) is 3.71. The highest BCUT2D eigenvalue weighted by molar-refractivity contribution is 5.86. The van der Waals surface area contributed by atoms with Crippen LogP contribution < -0.4 is 10.6 Å². The molecule has 3 N–H and O–H groups in total. The summed E-state index contributed by atoms with van der Waals surface area (Å²) in [7, 11) is 0. The van der Waals surface area contributed by atoms with Crippen molar-refractivity contribution in [2.24, 2.45) is 11.8 Å². The molecule has 108 valence electrons. The summed E-state index contributed by atoms with van der Waals surface area (Å²) in [4.78, 5) is 9.00. The zero-order chi connectivity index (χ0) is 13.9. The predicted molar refractivity (Wildman–Crippen MR) is 80.8 cm³/mol. The zero-order valence-electron chi connectivity index (χ0n) is 12.1. The van der Waals surface area contributed by atoms with E-state index in [1.54, 1.807) is 6.20 Å². The van der Waals surface area contributed by atoms with Crippen molar-refractivity contribution in [1.82, 2.24) is 20.2 Å². The molecule has 0 spiro atoms. The largest absolute Gasteiger partial charge is 0.369 e. The van der Waals surface area contributed by atoms with Gasteiger partial charge in [0.1, 0.15) is 5.82 Å². The van der Waals surface area contributed by atoms with Crippen LogP contribution in [0.3, 0.4) is 0 Å². The Hall–Kier alpha value is -1.85. The summed E-state index contributed by atoms with van der Waals surface area (Å²) in [5.74, 6) is 3.11. The summed E-state index contributed by atoms with van der Waals surface area (Å²) in [5, 5.41) is 14.6. The Balaban J connectivity index is 1.77.